The Kier molecular flexibility index (Phi) is 10.7. The summed E-state index contributed by atoms with van der Waals surface area (Å²) in [5.41, 5.74) is 1.69. The van der Waals surface area contributed by atoms with Crippen molar-refractivity contribution in [2.45, 2.75) is 18.6 Å². The number of nitrogens with one attached hydrogen (secondary N) is 2. The number of aliphatic hydroxyl groups is 2. The summed E-state index contributed by atoms with van der Waals surface area (Å²) >= 11 is 0. The lowest BCUT2D eigenvalue weighted by Crippen LogP contribution is -2.64. The van der Waals surface area contributed by atoms with E-state index in [2.05, 4.69) is 26.5 Å². The van der Waals surface area contributed by atoms with Crippen LogP contribution >= 0.6 is 7.82 Å². The van der Waals surface area contributed by atoms with Gasteiger partial charge in [0.05, 0.1) is 6.61 Å². The van der Waals surface area contributed by atoms with Gasteiger partial charge in [-0.2, -0.15) is 0 Å². The standard InChI is InChI=1S/C24H28N3O10P/c1-24(22(31)25-2,23(32)26-36-15-37-38(33,34)35)27(3)21(30)19-12-8-17(9-13-19)5-4-16-6-10-18(11-7-16)20(29)14-28/h6-13,20,28-29H,14-15H2,1-3H3,(H,25,31)(H,26,32)(H2,33,34,35)/t20-,24?/m1/s1. The zero-order chi connectivity index (χ0) is 28.5. The molecule has 0 heterocycles. The van der Waals surface area contributed by atoms with Crippen molar-refractivity contribution in [2.24, 2.45) is 0 Å². The van der Waals surface area contributed by atoms with Crippen LogP contribution in [0.25, 0.3) is 0 Å². The predicted molar refractivity (Wildman–Crippen MR) is 133 cm³/mol. The van der Waals surface area contributed by atoms with Crippen LogP contribution in [-0.2, 0) is 23.5 Å². The second-order valence-electron chi connectivity index (χ2n) is 7.98. The Hall–Kier alpha value is -3.60. The van der Waals surface area contributed by atoms with Crippen LogP contribution < -0.4 is 10.8 Å². The molecule has 3 amide bonds. The number of hydrogen-bond donors (Lipinski definition) is 6. The summed E-state index contributed by atoms with van der Waals surface area (Å²) in [4.78, 5) is 61.2. The third kappa shape index (κ3) is 7.95. The molecule has 0 spiro atoms. The number of hydrogen-bond acceptors (Lipinski definition) is 8. The van der Waals surface area contributed by atoms with Crippen LogP contribution in [0.1, 0.15) is 40.1 Å². The molecule has 0 aromatic heterocycles. The molecule has 2 aromatic carbocycles. The SMILES string of the molecule is CNC(=O)C(C)(C(=O)NOCOP(=O)(O)O)N(C)C(=O)c1ccc(C#Cc2ccc([C@H](O)CO)cc2)cc1. The van der Waals surface area contributed by atoms with Gasteiger partial charge in [0, 0.05) is 30.8 Å². The topological polar surface area (TPSA) is 195 Å². The van der Waals surface area contributed by atoms with E-state index in [0.29, 0.717) is 16.7 Å². The zero-order valence-corrected chi connectivity index (χ0v) is 21.6. The molecule has 0 aliphatic rings. The highest BCUT2D eigenvalue weighted by Crippen LogP contribution is 2.35. The Balaban J connectivity index is 2.15. The third-order valence-corrected chi connectivity index (χ3v) is 5.92. The van der Waals surface area contributed by atoms with Crippen molar-refractivity contribution in [1.29, 1.82) is 0 Å². The van der Waals surface area contributed by atoms with Gasteiger partial charge in [0.1, 0.15) is 6.10 Å². The average Bonchev–Trinajstić information content (AvgIpc) is 2.91. The molecule has 2 atom stereocenters. The Bertz CT molecular complexity index is 1250. The van der Waals surface area contributed by atoms with E-state index in [1.165, 1.54) is 26.2 Å². The van der Waals surface area contributed by atoms with Crippen molar-refractivity contribution in [3.05, 3.63) is 70.8 Å². The normalized spacial score (nSPS) is 13.3. The number of likely N-dealkylation sites (N-methyl/N-ethyl adjacent to an activating group) is 2. The first-order valence-electron chi connectivity index (χ1n) is 11.0. The van der Waals surface area contributed by atoms with E-state index in [0.717, 1.165) is 11.8 Å². The van der Waals surface area contributed by atoms with Crippen molar-refractivity contribution in [3.8, 4) is 11.8 Å². The molecule has 38 heavy (non-hydrogen) atoms. The molecule has 0 aliphatic heterocycles. The summed E-state index contributed by atoms with van der Waals surface area (Å²) in [6.45, 7) is -0.230. The van der Waals surface area contributed by atoms with Crippen LogP contribution in [0.2, 0.25) is 0 Å². The quantitative estimate of drug-likeness (QED) is 0.0577. The molecular formula is C24H28N3O10P. The van der Waals surface area contributed by atoms with E-state index in [4.69, 9.17) is 14.9 Å². The minimum absolute atomic E-state index is 0.147. The molecule has 2 aromatic rings. The molecule has 204 valence electrons. The summed E-state index contributed by atoms with van der Waals surface area (Å²) in [6.07, 6.45) is -0.967. The molecule has 0 bridgehead atoms. The first-order valence-corrected chi connectivity index (χ1v) is 12.5. The number of aliphatic hydroxyl groups excluding tert-OH is 2. The number of carbonyl (C=O) groups excluding carboxylic acids is 3. The van der Waals surface area contributed by atoms with E-state index in [1.54, 1.807) is 36.4 Å². The maximum Gasteiger partial charge on any atom is 0.471 e. The van der Waals surface area contributed by atoms with Gasteiger partial charge in [0.25, 0.3) is 17.7 Å². The van der Waals surface area contributed by atoms with Gasteiger partial charge in [-0.05, 0) is 48.9 Å². The van der Waals surface area contributed by atoms with E-state index >= 15 is 0 Å². The van der Waals surface area contributed by atoms with Crippen molar-refractivity contribution in [2.75, 3.05) is 27.5 Å². The van der Waals surface area contributed by atoms with Crippen molar-refractivity contribution in [1.82, 2.24) is 15.7 Å². The van der Waals surface area contributed by atoms with Gasteiger partial charge in [-0.15, -0.1) is 0 Å². The lowest BCUT2D eigenvalue weighted by molar-refractivity contribution is -0.156. The number of carbonyl (C=O) groups is 3. The second-order valence-corrected chi connectivity index (χ2v) is 9.22. The molecule has 0 radical (unpaired) electrons. The molecule has 13 nitrogen and oxygen atoms in total. The number of nitrogens with zero attached hydrogens (tertiary/aromatic N) is 1. The van der Waals surface area contributed by atoms with Gasteiger partial charge >= 0.3 is 7.82 Å². The minimum Gasteiger partial charge on any atom is -0.393 e. The monoisotopic (exact) mass is 549 g/mol. The predicted octanol–water partition coefficient (Wildman–Crippen LogP) is -0.197. The minimum atomic E-state index is -4.85. The number of amides is 3. The number of benzene rings is 2. The molecular weight excluding hydrogens is 521 g/mol. The number of phosphoric ester groups is 1. The first-order chi connectivity index (χ1) is 17.8. The number of hydroxylamine groups is 1. The van der Waals surface area contributed by atoms with E-state index in [9.17, 15) is 24.1 Å². The van der Waals surface area contributed by atoms with Gasteiger partial charge in [-0.1, -0.05) is 24.0 Å². The number of rotatable bonds is 10. The lowest BCUT2D eigenvalue weighted by atomic mass is 9.96. The fraction of sp³-hybridized carbons (Fsp3) is 0.292. The van der Waals surface area contributed by atoms with E-state index < -0.39 is 44.0 Å². The van der Waals surface area contributed by atoms with Crippen LogP contribution in [0.5, 0.6) is 0 Å². The zero-order valence-electron chi connectivity index (χ0n) is 20.7. The highest BCUT2D eigenvalue weighted by atomic mass is 31.2. The average molecular weight is 549 g/mol. The van der Waals surface area contributed by atoms with Crippen LogP contribution in [0.3, 0.4) is 0 Å². The van der Waals surface area contributed by atoms with Crippen LogP contribution in [0, 0.1) is 11.8 Å². The summed E-state index contributed by atoms with van der Waals surface area (Å²) in [5.74, 6) is 3.24. The lowest BCUT2D eigenvalue weighted by Gasteiger charge is -2.35. The largest absolute Gasteiger partial charge is 0.471 e. The molecule has 0 saturated carbocycles. The Labute approximate surface area is 218 Å². The smallest absolute Gasteiger partial charge is 0.393 e. The van der Waals surface area contributed by atoms with Gasteiger partial charge in [0.2, 0.25) is 0 Å². The highest BCUT2D eigenvalue weighted by molar-refractivity contribution is 7.46. The summed E-state index contributed by atoms with van der Waals surface area (Å²) in [6, 6.07) is 12.8. The maximum atomic E-state index is 13.1. The Morgan fingerprint density at radius 2 is 1.55 bits per heavy atom. The fourth-order valence-corrected chi connectivity index (χ4v) is 3.26. The second kappa shape index (κ2) is 13.3. The van der Waals surface area contributed by atoms with Gasteiger partial charge in [-0.3, -0.25) is 18.9 Å². The highest BCUT2D eigenvalue weighted by Gasteiger charge is 2.47. The summed E-state index contributed by atoms with van der Waals surface area (Å²) in [7, 11) is -2.35. The molecule has 0 aliphatic carbocycles. The molecule has 14 heteroatoms. The van der Waals surface area contributed by atoms with Crippen LogP contribution in [-0.4, -0.2) is 75.7 Å². The maximum absolute atomic E-state index is 13.1. The fourth-order valence-electron chi connectivity index (χ4n) is 3.07. The Morgan fingerprint density at radius 3 is 2.03 bits per heavy atom. The number of phosphoric acid groups is 1. The molecule has 6 N–H and O–H groups in total. The summed E-state index contributed by atoms with van der Waals surface area (Å²) < 4.78 is 14.8. The third-order valence-electron chi connectivity index (χ3n) is 5.48. The van der Waals surface area contributed by atoms with Gasteiger partial charge in [0.15, 0.2) is 12.3 Å². The van der Waals surface area contributed by atoms with E-state index in [1.807, 2.05) is 5.48 Å². The van der Waals surface area contributed by atoms with Crippen molar-refractivity contribution < 1.29 is 48.3 Å². The van der Waals surface area contributed by atoms with Crippen LogP contribution in [0.15, 0.2) is 48.5 Å². The molecule has 2 rings (SSSR count). The van der Waals surface area contributed by atoms with Crippen molar-refractivity contribution >= 4 is 25.5 Å². The molecule has 1 unspecified atom stereocenters. The molecule has 0 fully saturated rings. The molecule has 0 saturated heterocycles. The van der Waals surface area contributed by atoms with Gasteiger partial charge < -0.3 is 30.2 Å². The van der Waals surface area contributed by atoms with Gasteiger partial charge in [-0.25, -0.2) is 14.9 Å². The first kappa shape index (κ1) is 30.6. The Morgan fingerprint density at radius 1 is 1.03 bits per heavy atom. The van der Waals surface area contributed by atoms with E-state index in [-0.39, 0.29) is 12.2 Å². The summed E-state index contributed by atoms with van der Waals surface area (Å²) in [5, 5.41) is 20.9. The van der Waals surface area contributed by atoms with Crippen LogP contribution in [0.4, 0.5) is 0 Å². The van der Waals surface area contributed by atoms with Crippen molar-refractivity contribution in [3.63, 3.8) is 0 Å².